The van der Waals surface area contributed by atoms with Crippen molar-refractivity contribution < 1.29 is 4.74 Å². The molecule has 0 saturated heterocycles. The van der Waals surface area contributed by atoms with Crippen molar-refractivity contribution in [3.05, 3.63) is 0 Å². The third-order valence-corrected chi connectivity index (χ3v) is 1.57. The van der Waals surface area contributed by atoms with E-state index in [0.717, 1.165) is 18.9 Å². The van der Waals surface area contributed by atoms with Crippen molar-refractivity contribution in [1.29, 1.82) is 0 Å². The van der Waals surface area contributed by atoms with E-state index >= 15 is 0 Å². The molecule has 0 unspecified atom stereocenters. The average molecular weight is 164 g/mol. The zero-order valence-electron chi connectivity index (χ0n) is 6.30. The van der Waals surface area contributed by atoms with Gasteiger partial charge in [0.15, 0.2) is 5.90 Å². The Bertz CT molecular complexity index is 114. The number of halogens is 1. The fourth-order valence-electron chi connectivity index (χ4n) is 1.01. The summed E-state index contributed by atoms with van der Waals surface area (Å²) in [5.41, 5.74) is 0. The van der Waals surface area contributed by atoms with E-state index in [1.165, 1.54) is 19.3 Å². The Morgan fingerprint density at radius 3 is 2.80 bits per heavy atom. The van der Waals surface area contributed by atoms with Crippen molar-refractivity contribution in [2.24, 2.45) is 4.99 Å². The molecule has 1 aliphatic rings. The van der Waals surface area contributed by atoms with Gasteiger partial charge in [0.25, 0.3) is 0 Å². The molecule has 0 fully saturated rings. The molecule has 1 rings (SSSR count). The Labute approximate surface area is 68.1 Å². The SMILES string of the molecule is COC1=NCCCCC1.Cl. The highest BCUT2D eigenvalue weighted by molar-refractivity contribution is 5.85. The maximum Gasteiger partial charge on any atom is 0.182 e. The van der Waals surface area contributed by atoms with E-state index in [-0.39, 0.29) is 12.4 Å². The van der Waals surface area contributed by atoms with Crippen LogP contribution < -0.4 is 0 Å². The highest BCUT2D eigenvalue weighted by atomic mass is 35.5. The Balaban J connectivity index is 0.000000810. The van der Waals surface area contributed by atoms with Crippen LogP contribution in [0, 0.1) is 0 Å². The second-order valence-electron chi connectivity index (χ2n) is 2.29. The molecule has 60 valence electrons. The molecule has 0 radical (unpaired) electrons. The Morgan fingerprint density at radius 2 is 2.10 bits per heavy atom. The molecule has 0 atom stereocenters. The average Bonchev–Trinajstić information content (AvgIpc) is 2.13. The first kappa shape index (κ1) is 9.76. The van der Waals surface area contributed by atoms with Gasteiger partial charge in [-0.3, -0.25) is 4.99 Å². The van der Waals surface area contributed by atoms with Gasteiger partial charge in [-0.25, -0.2) is 0 Å². The van der Waals surface area contributed by atoms with Gasteiger partial charge in [0.1, 0.15) is 0 Å². The van der Waals surface area contributed by atoms with Gasteiger partial charge in [-0.15, -0.1) is 12.4 Å². The van der Waals surface area contributed by atoms with Gasteiger partial charge in [0, 0.05) is 13.0 Å². The summed E-state index contributed by atoms with van der Waals surface area (Å²) in [6.45, 7) is 0.961. The summed E-state index contributed by atoms with van der Waals surface area (Å²) in [7, 11) is 1.70. The molecule has 10 heavy (non-hydrogen) atoms. The van der Waals surface area contributed by atoms with E-state index < -0.39 is 0 Å². The second kappa shape index (κ2) is 5.54. The summed E-state index contributed by atoms with van der Waals surface area (Å²) in [5, 5.41) is 0. The lowest BCUT2D eigenvalue weighted by molar-refractivity contribution is 0.388. The molecule has 0 N–H and O–H groups in total. The van der Waals surface area contributed by atoms with E-state index in [1.54, 1.807) is 7.11 Å². The minimum Gasteiger partial charge on any atom is -0.484 e. The summed E-state index contributed by atoms with van der Waals surface area (Å²) in [4.78, 5) is 4.24. The molecule has 1 heterocycles. The molecule has 0 bridgehead atoms. The molecule has 3 heteroatoms. The van der Waals surface area contributed by atoms with Gasteiger partial charge >= 0.3 is 0 Å². The van der Waals surface area contributed by atoms with Crippen LogP contribution in [0.2, 0.25) is 0 Å². The fraction of sp³-hybridized carbons (Fsp3) is 0.857. The maximum absolute atomic E-state index is 5.02. The second-order valence-corrected chi connectivity index (χ2v) is 2.29. The standard InChI is InChI=1S/C7H13NO.ClH/c1-9-7-5-3-2-4-6-8-7;/h2-6H2,1H3;1H. The first-order valence-corrected chi connectivity index (χ1v) is 3.51. The van der Waals surface area contributed by atoms with E-state index in [4.69, 9.17) is 4.74 Å². The van der Waals surface area contributed by atoms with Crippen LogP contribution in [0.3, 0.4) is 0 Å². The molecule has 0 aromatic heterocycles. The molecular weight excluding hydrogens is 150 g/mol. The van der Waals surface area contributed by atoms with E-state index in [2.05, 4.69) is 4.99 Å². The van der Waals surface area contributed by atoms with Gasteiger partial charge < -0.3 is 4.74 Å². The molecule has 0 aromatic carbocycles. The number of rotatable bonds is 0. The molecule has 0 amide bonds. The predicted octanol–water partition coefficient (Wildman–Crippen LogP) is 2.03. The van der Waals surface area contributed by atoms with Crippen LogP contribution in [-0.2, 0) is 4.74 Å². The van der Waals surface area contributed by atoms with Crippen molar-refractivity contribution >= 4 is 18.3 Å². The number of aliphatic imine (C=N–C) groups is 1. The molecular formula is C7H14ClNO. The summed E-state index contributed by atoms with van der Waals surface area (Å²) in [6, 6.07) is 0. The number of nitrogens with zero attached hydrogens (tertiary/aromatic N) is 1. The quantitative estimate of drug-likeness (QED) is 0.536. The van der Waals surface area contributed by atoms with Crippen molar-refractivity contribution in [3.63, 3.8) is 0 Å². The van der Waals surface area contributed by atoms with Crippen molar-refractivity contribution in [2.75, 3.05) is 13.7 Å². The normalized spacial score (nSPS) is 18.3. The number of hydrogen-bond acceptors (Lipinski definition) is 2. The first-order chi connectivity index (χ1) is 4.43. The largest absolute Gasteiger partial charge is 0.484 e. The summed E-state index contributed by atoms with van der Waals surface area (Å²) < 4.78 is 5.02. The summed E-state index contributed by atoms with van der Waals surface area (Å²) in [6.07, 6.45) is 4.81. The number of ether oxygens (including phenoxy) is 1. The van der Waals surface area contributed by atoms with Crippen LogP contribution in [0.25, 0.3) is 0 Å². The fourth-order valence-corrected chi connectivity index (χ4v) is 1.01. The van der Waals surface area contributed by atoms with E-state index in [0.29, 0.717) is 0 Å². The molecule has 0 aromatic rings. The van der Waals surface area contributed by atoms with Gasteiger partial charge in [-0.05, 0) is 12.8 Å². The van der Waals surface area contributed by atoms with Crippen LogP contribution in [-0.4, -0.2) is 19.6 Å². The van der Waals surface area contributed by atoms with E-state index in [1.807, 2.05) is 0 Å². The molecule has 0 aliphatic carbocycles. The minimum atomic E-state index is 0. The molecule has 2 nitrogen and oxygen atoms in total. The molecule has 0 saturated carbocycles. The lowest BCUT2D eigenvalue weighted by Crippen LogP contribution is -1.99. The van der Waals surface area contributed by atoms with Crippen LogP contribution >= 0.6 is 12.4 Å². The topological polar surface area (TPSA) is 21.6 Å². The van der Waals surface area contributed by atoms with Crippen LogP contribution in [0.5, 0.6) is 0 Å². The summed E-state index contributed by atoms with van der Waals surface area (Å²) >= 11 is 0. The molecule has 0 spiro atoms. The smallest absolute Gasteiger partial charge is 0.182 e. The molecule has 1 aliphatic heterocycles. The number of hydrogen-bond donors (Lipinski definition) is 0. The van der Waals surface area contributed by atoms with Crippen molar-refractivity contribution in [2.45, 2.75) is 25.7 Å². The van der Waals surface area contributed by atoms with Crippen molar-refractivity contribution in [3.8, 4) is 0 Å². The van der Waals surface area contributed by atoms with Gasteiger partial charge in [0.05, 0.1) is 7.11 Å². The Hall–Kier alpha value is -0.240. The van der Waals surface area contributed by atoms with E-state index in [9.17, 15) is 0 Å². The highest BCUT2D eigenvalue weighted by Crippen LogP contribution is 2.06. The monoisotopic (exact) mass is 163 g/mol. The first-order valence-electron chi connectivity index (χ1n) is 3.51. The Morgan fingerprint density at radius 1 is 1.30 bits per heavy atom. The van der Waals surface area contributed by atoms with Crippen LogP contribution in [0.15, 0.2) is 4.99 Å². The van der Waals surface area contributed by atoms with Crippen LogP contribution in [0.1, 0.15) is 25.7 Å². The van der Waals surface area contributed by atoms with Gasteiger partial charge in [-0.2, -0.15) is 0 Å². The highest BCUT2D eigenvalue weighted by Gasteiger charge is 2.01. The van der Waals surface area contributed by atoms with Gasteiger partial charge in [-0.1, -0.05) is 6.42 Å². The zero-order valence-corrected chi connectivity index (χ0v) is 7.12. The third-order valence-electron chi connectivity index (χ3n) is 1.57. The predicted molar refractivity (Wildman–Crippen MR) is 45.0 cm³/mol. The maximum atomic E-state index is 5.02. The summed E-state index contributed by atoms with van der Waals surface area (Å²) in [5.74, 6) is 0.938. The van der Waals surface area contributed by atoms with Crippen LogP contribution in [0.4, 0.5) is 0 Å². The minimum absolute atomic E-state index is 0. The Kier molecular flexibility index (Phi) is 5.40. The third kappa shape index (κ3) is 3.06. The zero-order chi connectivity index (χ0) is 6.53. The van der Waals surface area contributed by atoms with Gasteiger partial charge in [0.2, 0.25) is 0 Å². The number of methoxy groups -OCH3 is 1. The lowest BCUT2D eigenvalue weighted by Gasteiger charge is -1.98. The lowest BCUT2D eigenvalue weighted by atomic mass is 10.2. The van der Waals surface area contributed by atoms with Crippen molar-refractivity contribution in [1.82, 2.24) is 0 Å².